The Hall–Kier alpha value is -3.07. The standard InChI is InChI=1S/C15H14N4O4S/c1-21-11-6-9(7-12(22-2)13(11)20)8-16-19-14(17-18-15(19)24)10-4-3-5-23-10/h3-8,20H,1-2H3,(H,18,24)/b16-8+. The van der Waals surface area contributed by atoms with Gasteiger partial charge in [0.25, 0.3) is 0 Å². The van der Waals surface area contributed by atoms with Gasteiger partial charge in [0.2, 0.25) is 16.3 Å². The van der Waals surface area contributed by atoms with Crippen molar-refractivity contribution in [3.63, 3.8) is 0 Å². The molecule has 2 heterocycles. The molecule has 9 heteroatoms. The monoisotopic (exact) mass is 346 g/mol. The average Bonchev–Trinajstić information content (AvgIpc) is 3.23. The van der Waals surface area contributed by atoms with Crippen molar-refractivity contribution >= 4 is 18.4 Å². The number of rotatable bonds is 5. The van der Waals surface area contributed by atoms with Gasteiger partial charge in [-0.1, -0.05) is 0 Å². The summed E-state index contributed by atoms with van der Waals surface area (Å²) >= 11 is 5.18. The molecule has 2 aromatic heterocycles. The van der Waals surface area contributed by atoms with Crippen molar-refractivity contribution in [1.29, 1.82) is 0 Å². The van der Waals surface area contributed by atoms with Gasteiger partial charge >= 0.3 is 0 Å². The Kier molecular flexibility index (Phi) is 4.34. The minimum Gasteiger partial charge on any atom is -0.502 e. The number of aromatic hydroxyl groups is 1. The van der Waals surface area contributed by atoms with E-state index >= 15 is 0 Å². The van der Waals surface area contributed by atoms with Crippen LogP contribution in [0, 0.1) is 4.77 Å². The number of phenols is 1. The Balaban J connectivity index is 2.01. The van der Waals surface area contributed by atoms with Gasteiger partial charge in [-0.05, 0) is 36.5 Å². The maximum atomic E-state index is 9.93. The first-order valence-electron chi connectivity index (χ1n) is 6.84. The lowest BCUT2D eigenvalue weighted by atomic mass is 10.2. The van der Waals surface area contributed by atoms with Crippen LogP contribution in [-0.4, -0.2) is 40.4 Å². The van der Waals surface area contributed by atoms with Crippen molar-refractivity contribution in [2.75, 3.05) is 14.2 Å². The molecule has 0 fully saturated rings. The quantitative estimate of drug-likeness (QED) is 0.544. The molecule has 0 saturated heterocycles. The van der Waals surface area contributed by atoms with Crippen LogP contribution < -0.4 is 9.47 Å². The summed E-state index contributed by atoms with van der Waals surface area (Å²) in [6, 6.07) is 6.75. The number of hydrogen-bond donors (Lipinski definition) is 2. The zero-order valence-electron chi connectivity index (χ0n) is 12.9. The molecule has 24 heavy (non-hydrogen) atoms. The van der Waals surface area contributed by atoms with E-state index in [1.807, 2.05) is 0 Å². The number of nitrogens with one attached hydrogen (secondary N) is 1. The summed E-state index contributed by atoms with van der Waals surface area (Å²) in [5.41, 5.74) is 0.648. The predicted molar refractivity (Wildman–Crippen MR) is 89.3 cm³/mol. The molecule has 0 spiro atoms. The van der Waals surface area contributed by atoms with Crippen LogP contribution in [0.1, 0.15) is 5.56 Å². The highest BCUT2D eigenvalue weighted by Crippen LogP contribution is 2.36. The lowest BCUT2D eigenvalue weighted by Gasteiger charge is -2.09. The first kappa shape index (κ1) is 15.8. The van der Waals surface area contributed by atoms with Crippen molar-refractivity contribution in [2.45, 2.75) is 0 Å². The van der Waals surface area contributed by atoms with Crippen LogP contribution in [0.5, 0.6) is 17.2 Å². The third-order valence-electron chi connectivity index (χ3n) is 3.22. The van der Waals surface area contributed by atoms with E-state index in [0.717, 1.165) is 0 Å². The molecule has 1 aromatic carbocycles. The summed E-state index contributed by atoms with van der Waals surface area (Å²) in [4.78, 5) is 0. The second kappa shape index (κ2) is 6.59. The molecule has 8 nitrogen and oxygen atoms in total. The molecular weight excluding hydrogens is 332 g/mol. The first-order valence-corrected chi connectivity index (χ1v) is 7.25. The van der Waals surface area contributed by atoms with E-state index in [9.17, 15) is 5.11 Å². The first-order chi connectivity index (χ1) is 11.6. The van der Waals surface area contributed by atoms with Crippen LogP contribution >= 0.6 is 12.2 Å². The highest BCUT2D eigenvalue weighted by molar-refractivity contribution is 7.71. The maximum absolute atomic E-state index is 9.93. The number of hydrogen-bond acceptors (Lipinski definition) is 7. The second-order valence-electron chi connectivity index (χ2n) is 4.66. The topological polar surface area (TPSA) is 97.8 Å². The molecule has 0 aliphatic rings. The van der Waals surface area contributed by atoms with Gasteiger partial charge in [-0.3, -0.25) is 0 Å². The van der Waals surface area contributed by atoms with Crippen LogP contribution in [0.15, 0.2) is 40.0 Å². The summed E-state index contributed by atoms with van der Waals surface area (Å²) in [5, 5.41) is 21.0. The van der Waals surface area contributed by atoms with Gasteiger partial charge in [-0.25, -0.2) is 5.10 Å². The number of nitrogens with zero attached hydrogens (tertiary/aromatic N) is 3. The summed E-state index contributed by atoms with van der Waals surface area (Å²) in [5.74, 6) is 1.45. The van der Waals surface area contributed by atoms with E-state index < -0.39 is 0 Å². The Bertz CT molecular complexity index is 902. The molecule has 0 unspecified atom stereocenters. The van der Waals surface area contributed by atoms with Crippen LogP contribution in [-0.2, 0) is 0 Å². The van der Waals surface area contributed by atoms with Gasteiger partial charge in [0, 0.05) is 5.56 Å². The molecule has 3 aromatic rings. The highest BCUT2D eigenvalue weighted by Gasteiger charge is 2.12. The number of benzene rings is 1. The Morgan fingerprint density at radius 2 is 2.04 bits per heavy atom. The number of furan rings is 1. The highest BCUT2D eigenvalue weighted by atomic mass is 32.1. The average molecular weight is 346 g/mol. The van der Waals surface area contributed by atoms with Crippen molar-refractivity contribution in [1.82, 2.24) is 14.9 Å². The third-order valence-corrected chi connectivity index (χ3v) is 3.48. The van der Waals surface area contributed by atoms with Crippen molar-refractivity contribution in [3.8, 4) is 28.8 Å². The fourth-order valence-corrected chi connectivity index (χ4v) is 2.26. The Morgan fingerprint density at radius 3 is 2.62 bits per heavy atom. The van der Waals surface area contributed by atoms with Crippen LogP contribution in [0.4, 0.5) is 0 Å². The summed E-state index contributed by atoms with van der Waals surface area (Å²) < 4.78 is 17.3. The van der Waals surface area contributed by atoms with E-state index in [1.165, 1.54) is 25.2 Å². The molecule has 0 aliphatic carbocycles. The number of aromatic nitrogens is 3. The molecule has 0 saturated carbocycles. The van der Waals surface area contributed by atoms with Crippen LogP contribution in [0.3, 0.4) is 0 Å². The Labute approximate surface area is 142 Å². The van der Waals surface area contributed by atoms with Crippen LogP contribution in [0.25, 0.3) is 11.6 Å². The number of ether oxygens (including phenoxy) is 2. The van der Waals surface area contributed by atoms with Gasteiger partial charge in [0.15, 0.2) is 17.3 Å². The molecule has 0 amide bonds. The number of aromatic amines is 1. The fourth-order valence-electron chi connectivity index (χ4n) is 2.08. The van der Waals surface area contributed by atoms with Crippen LogP contribution in [0.2, 0.25) is 0 Å². The smallest absolute Gasteiger partial charge is 0.219 e. The lowest BCUT2D eigenvalue weighted by Crippen LogP contribution is -1.96. The van der Waals surface area contributed by atoms with E-state index in [1.54, 1.807) is 30.5 Å². The second-order valence-corrected chi connectivity index (χ2v) is 5.05. The zero-order chi connectivity index (χ0) is 17.1. The Morgan fingerprint density at radius 1 is 1.33 bits per heavy atom. The van der Waals surface area contributed by atoms with Gasteiger partial charge in [-0.15, -0.1) is 5.10 Å². The summed E-state index contributed by atoms with van der Waals surface area (Å²) in [6.45, 7) is 0. The SMILES string of the molecule is COc1cc(/C=N/n2c(-c3ccco3)n[nH]c2=S)cc(OC)c1O. The van der Waals surface area contributed by atoms with Gasteiger partial charge in [0.05, 0.1) is 26.7 Å². The maximum Gasteiger partial charge on any atom is 0.219 e. The molecule has 124 valence electrons. The zero-order valence-corrected chi connectivity index (χ0v) is 13.7. The van der Waals surface area contributed by atoms with E-state index in [0.29, 0.717) is 21.9 Å². The van der Waals surface area contributed by atoms with E-state index in [4.69, 9.17) is 26.1 Å². The number of methoxy groups -OCH3 is 2. The van der Waals surface area contributed by atoms with Crippen molar-refractivity contribution in [2.24, 2.45) is 5.10 Å². The molecule has 0 bridgehead atoms. The van der Waals surface area contributed by atoms with Crippen molar-refractivity contribution in [3.05, 3.63) is 40.9 Å². The minimum atomic E-state index is -0.0756. The van der Waals surface area contributed by atoms with E-state index in [-0.39, 0.29) is 17.2 Å². The predicted octanol–water partition coefficient (Wildman–Crippen LogP) is 2.81. The van der Waals surface area contributed by atoms with Gasteiger partial charge in [0.1, 0.15) is 0 Å². The molecule has 2 N–H and O–H groups in total. The molecule has 0 atom stereocenters. The molecule has 0 radical (unpaired) electrons. The third kappa shape index (κ3) is 2.88. The summed E-state index contributed by atoms with van der Waals surface area (Å²) in [7, 11) is 2.91. The normalized spacial score (nSPS) is 11.1. The lowest BCUT2D eigenvalue weighted by molar-refractivity contribution is 0.340. The summed E-state index contributed by atoms with van der Waals surface area (Å²) in [6.07, 6.45) is 3.08. The molecular formula is C15H14N4O4S. The number of phenolic OH excluding ortho intramolecular Hbond substituents is 1. The van der Waals surface area contributed by atoms with Gasteiger partial charge in [-0.2, -0.15) is 9.78 Å². The van der Waals surface area contributed by atoms with E-state index in [2.05, 4.69) is 15.3 Å². The van der Waals surface area contributed by atoms with Crippen molar-refractivity contribution < 1.29 is 19.0 Å². The number of H-pyrrole nitrogens is 1. The largest absolute Gasteiger partial charge is 0.502 e. The molecule has 3 rings (SSSR count). The van der Waals surface area contributed by atoms with Gasteiger partial charge < -0.3 is 19.0 Å². The molecule has 0 aliphatic heterocycles. The minimum absolute atomic E-state index is 0.0756. The fraction of sp³-hybridized carbons (Fsp3) is 0.133.